The molecule has 0 saturated carbocycles. The van der Waals surface area contributed by atoms with Gasteiger partial charge in [0.15, 0.2) is 6.61 Å². The lowest BCUT2D eigenvalue weighted by molar-refractivity contribution is -0.119. The summed E-state index contributed by atoms with van der Waals surface area (Å²) in [4.78, 5) is 10.6. The Bertz CT molecular complexity index is 365. The summed E-state index contributed by atoms with van der Waals surface area (Å²) in [5.41, 5.74) is 6.18. The third-order valence-corrected chi connectivity index (χ3v) is 2.59. The first-order valence-electron chi connectivity index (χ1n) is 6.42. The Hall–Kier alpha value is -1.59. The monoisotopic (exact) mass is 266 g/mol. The van der Waals surface area contributed by atoms with Crippen LogP contribution in [0, 0.1) is 0 Å². The summed E-state index contributed by atoms with van der Waals surface area (Å²) < 4.78 is 10.2. The number of benzene rings is 1. The average Bonchev–Trinajstić information content (AvgIpc) is 2.41. The smallest absolute Gasteiger partial charge is 0.255 e. The number of ether oxygens (including phenoxy) is 2. The predicted molar refractivity (Wildman–Crippen MR) is 73.9 cm³/mol. The molecule has 1 aromatic carbocycles. The maximum Gasteiger partial charge on any atom is 0.255 e. The number of carbonyl (C=O) groups excluding carboxylic acids is 1. The van der Waals surface area contributed by atoms with Crippen LogP contribution >= 0.6 is 0 Å². The SMILES string of the molecule is COCCCCNCc1ccc(OCC(N)=O)cc1. The molecule has 0 radical (unpaired) electrons. The van der Waals surface area contributed by atoms with Crippen LogP contribution in [0.3, 0.4) is 0 Å². The second-order valence-electron chi connectivity index (χ2n) is 4.28. The summed E-state index contributed by atoms with van der Waals surface area (Å²) in [5.74, 6) is 0.185. The van der Waals surface area contributed by atoms with Crippen LogP contribution in [0.2, 0.25) is 0 Å². The van der Waals surface area contributed by atoms with Crippen LogP contribution in [0.5, 0.6) is 5.75 Å². The van der Waals surface area contributed by atoms with Gasteiger partial charge in [0, 0.05) is 20.3 Å². The van der Waals surface area contributed by atoms with E-state index in [1.807, 2.05) is 24.3 Å². The standard InChI is InChI=1S/C14H22N2O3/c1-18-9-3-2-8-16-10-12-4-6-13(7-5-12)19-11-14(15)17/h4-7,16H,2-3,8-11H2,1H3,(H2,15,17). The molecule has 0 atom stereocenters. The van der Waals surface area contributed by atoms with Gasteiger partial charge in [-0.15, -0.1) is 0 Å². The van der Waals surface area contributed by atoms with Gasteiger partial charge < -0.3 is 20.5 Å². The number of hydrogen-bond acceptors (Lipinski definition) is 4. The number of nitrogens with two attached hydrogens (primary N) is 1. The number of amides is 1. The third kappa shape index (κ3) is 7.43. The molecular weight excluding hydrogens is 244 g/mol. The van der Waals surface area contributed by atoms with Crippen molar-refractivity contribution in [2.24, 2.45) is 5.73 Å². The third-order valence-electron chi connectivity index (χ3n) is 2.59. The zero-order chi connectivity index (χ0) is 13.9. The van der Waals surface area contributed by atoms with Crippen molar-refractivity contribution in [1.29, 1.82) is 0 Å². The van der Waals surface area contributed by atoms with E-state index in [2.05, 4.69) is 5.32 Å². The Balaban J connectivity index is 2.19. The predicted octanol–water partition coefficient (Wildman–Crippen LogP) is 1.07. The van der Waals surface area contributed by atoms with Crippen LogP contribution < -0.4 is 15.8 Å². The van der Waals surface area contributed by atoms with Gasteiger partial charge in [0.2, 0.25) is 0 Å². The number of primary amides is 1. The van der Waals surface area contributed by atoms with Crippen molar-refractivity contribution in [3.05, 3.63) is 29.8 Å². The van der Waals surface area contributed by atoms with Crippen molar-refractivity contribution < 1.29 is 14.3 Å². The summed E-state index contributed by atoms with van der Waals surface area (Å²) >= 11 is 0. The molecule has 3 N–H and O–H groups in total. The Morgan fingerprint density at radius 3 is 2.63 bits per heavy atom. The van der Waals surface area contributed by atoms with E-state index in [-0.39, 0.29) is 6.61 Å². The summed E-state index contributed by atoms with van der Waals surface area (Å²) in [6.07, 6.45) is 2.18. The number of methoxy groups -OCH3 is 1. The van der Waals surface area contributed by atoms with Gasteiger partial charge in [0.1, 0.15) is 5.75 Å². The fourth-order valence-electron chi connectivity index (χ4n) is 1.59. The highest BCUT2D eigenvalue weighted by Crippen LogP contribution is 2.11. The molecule has 19 heavy (non-hydrogen) atoms. The van der Waals surface area contributed by atoms with E-state index in [1.54, 1.807) is 7.11 Å². The van der Waals surface area contributed by atoms with E-state index in [0.717, 1.165) is 32.5 Å². The van der Waals surface area contributed by atoms with Crippen molar-refractivity contribution in [2.45, 2.75) is 19.4 Å². The highest BCUT2D eigenvalue weighted by atomic mass is 16.5. The highest BCUT2D eigenvalue weighted by Gasteiger charge is 1.98. The molecule has 0 aromatic heterocycles. The fraction of sp³-hybridized carbons (Fsp3) is 0.500. The van der Waals surface area contributed by atoms with E-state index < -0.39 is 5.91 Å². The van der Waals surface area contributed by atoms with Crippen LogP contribution in [0.1, 0.15) is 18.4 Å². The van der Waals surface area contributed by atoms with Crippen molar-refractivity contribution in [3.63, 3.8) is 0 Å². The molecule has 1 aromatic rings. The minimum absolute atomic E-state index is 0.0862. The Labute approximate surface area is 114 Å². The Morgan fingerprint density at radius 2 is 2.00 bits per heavy atom. The minimum Gasteiger partial charge on any atom is -0.484 e. The van der Waals surface area contributed by atoms with Gasteiger partial charge in [-0.1, -0.05) is 12.1 Å². The van der Waals surface area contributed by atoms with Gasteiger partial charge in [-0.25, -0.2) is 0 Å². The van der Waals surface area contributed by atoms with Gasteiger partial charge in [0.05, 0.1) is 0 Å². The Kier molecular flexibility index (Phi) is 7.62. The van der Waals surface area contributed by atoms with Crippen LogP contribution in [-0.2, 0) is 16.1 Å². The van der Waals surface area contributed by atoms with Gasteiger partial charge in [-0.05, 0) is 37.1 Å². The molecule has 0 aliphatic carbocycles. The fourth-order valence-corrected chi connectivity index (χ4v) is 1.59. The first-order valence-corrected chi connectivity index (χ1v) is 6.42. The lowest BCUT2D eigenvalue weighted by Crippen LogP contribution is -2.20. The molecule has 0 spiro atoms. The molecule has 1 rings (SSSR count). The van der Waals surface area contributed by atoms with E-state index in [4.69, 9.17) is 15.2 Å². The highest BCUT2D eigenvalue weighted by molar-refractivity contribution is 5.75. The van der Waals surface area contributed by atoms with Crippen molar-refractivity contribution in [2.75, 3.05) is 26.9 Å². The largest absolute Gasteiger partial charge is 0.484 e. The average molecular weight is 266 g/mol. The van der Waals surface area contributed by atoms with Crippen LogP contribution in [0.15, 0.2) is 24.3 Å². The molecule has 0 fully saturated rings. The van der Waals surface area contributed by atoms with E-state index in [1.165, 1.54) is 5.56 Å². The number of unbranched alkanes of at least 4 members (excludes halogenated alkanes) is 1. The quantitative estimate of drug-likeness (QED) is 0.621. The van der Waals surface area contributed by atoms with Crippen molar-refractivity contribution in [1.82, 2.24) is 5.32 Å². The van der Waals surface area contributed by atoms with E-state index in [0.29, 0.717) is 5.75 Å². The molecule has 0 aliphatic heterocycles. The molecule has 1 amide bonds. The zero-order valence-electron chi connectivity index (χ0n) is 11.4. The Morgan fingerprint density at radius 1 is 1.26 bits per heavy atom. The van der Waals surface area contributed by atoms with Crippen LogP contribution in [-0.4, -0.2) is 32.8 Å². The molecule has 5 heteroatoms. The molecule has 0 aliphatic rings. The molecule has 0 saturated heterocycles. The second kappa shape index (κ2) is 9.35. The summed E-state index contributed by atoms with van der Waals surface area (Å²) in [6, 6.07) is 7.62. The normalized spacial score (nSPS) is 10.4. The lowest BCUT2D eigenvalue weighted by atomic mass is 10.2. The molecule has 0 bridgehead atoms. The van der Waals surface area contributed by atoms with Gasteiger partial charge in [-0.3, -0.25) is 4.79 Å². The number of nitrogens with one attached hydrogen (secondary N) is 1. The van der Waals surface area contributed by atoms with Gasteiger partial charge >= 0.3 is 0 Å². The molecule has 106 valence electrons. The first-order chi connectivity index (χ1) is 9.22. The number of hydrogen-bond donors (Lipinski definition) is 2. The van der Waals surface area contributed by atoms with Gasteiger partial charge in [0.25, 0.3) is 5.91 Å². The molecule has 0 heterocycles. The van der Waals surface area contributed by atoms with Gasteiger partial charge in [-0.2, -0.15) is 0 Å². The number of rotatable bonds is 10. The topological polar surface area (TPSA) is 73.6 Å². The van der Waals surface area contributed by atoms with Crippen molar-refractivity contribution >= 4 is 5.91 Å². The minimum atomic E-state index is -0.471. The molecular formula is C14H22N2O3. The molecule has 5 nitrogen and oxygen atoms in total. The van der Waals surface area contributed by atoms with Crippen LogP contribution in [0.25, 0.3) is 0 Å². The first kappa shape index (κ1) is 15.5. The zero-order valence-corrected chi connectivity index (χ0v) is 11.4. The second-order valence-corrected chi connectivity index (χ2v) is 4.28. The van der Waals surface area contributed by atoms with Crippen LogP contribution in [0.4, 0.5) is 0 Å². The lowest BCUT2D eigenvalue weighted by Gasteiger charge is -2.07. The maximum atomic E-state index is 10.6. The molecule has 0 unspecified atom stereocenters. The summed E-state index contributed by atoms with van der Waals surface area (Å²) in [6.45, 7) is 2.52. The van der Waals surface area contributed by atoms with Crippen molar-refractivity contribution in [3.8, 4) is 5.75 Å². The van der Waals surface area contributed by atoms with E-state index in [9.17, 15) is 4.79 Å². The summed E-state index contributed by atoms with van der Waals surface area (Å²) in [7, 11) is 1.72. The maximum absolute atomic E-state index is 10.6. The number of carbonyl (C=O) groups is 1. The summed E-state index contributed by atoms with van der Waals surface area (Å²) in [5, 5.41) is 3.36. The van der Waals surface area contributed by atoms with E-state index >= 15 is 0 Å².